The van der Waals surface area contributed by atoms with Crippen molar-refractivity contribution < 1.29 is 14.4 Å². The van der Waals surface area contributed by atoms with Crippen molar-refractivity contribution in [3.8, 4) is 10.4 Å². The molecule has 3 amide bonds. The monoisotopic (exact) mass is 664 g/mol. The van der Waals surface area contributed by atoms with Crippen LogP contribution in [0, 0.1) is 6.92 Å². The predicted molar refractivity (Wildman–Crippen MR) is 189 cm³/mol. The Morgan fingerprint density at radius 2 is 1.73 bits per heavy atom. The number of nitrogens with zero attached hydrogens (tertiary/aromatic N) is 3. The largest absolute Gasteiger partial charge is 0.354 e. The number of thiazole rings is 1. The Balaban J connectivity index is 0.926. The van der Waals surface area contributed by atoms with Gasteiger partial charge in [0, 0.05) is 48.4 Å². The first-order chi connectivity index (χ1) is 23.2. The van der Waals surface area contributed by atoms with E-state index in [0.717, 1.165) is 51.6 Å². The summed E-state index contributed by atoms with van der Waals surface area (Å²) >= 11 is 1.59. The maximum atomic E-state index is 12.9. The first-order valence-electron chi connectivity index (χ1n) is 16.2. The van der Waals surface area contributed by atoms with Crippen LogP contribution in [-0.4, -0.2) is 63.2 Å². The fourth-order valence-electron chi connectivity index (χ4n) is 5.94. The van der Waals surface area contributed by atoms with E-state index in [0.29, 0.717) is 22.9 Å². The van der Waals surface area contributed by atoms with Gasteiger partial charge < -0.3 is 26.7 Å². The second kappa shape index (κ2) is 14.9. The van der Waals surface area contributed by atoms with Gasteiger partial charge in [0.1, 0.15) is 5.82 Å². The second-order valence-corrected chi connectivity index (χ2v) is 13.1. The third-order valence-corrected chi connectivity index (χ3v) is 9.70. The highest BCUT2D eigenvalue weighted by Crippen LogP contribution is 2.28. The van der Waals surface area contributed by atoms with E-state index in [1.54, 1.807) is 35.6 Å². The Labute approximate surface area is 283 Å². The summed E-state index contributed by atoms with van der Waals surface area (Å²) in [4.78, 5) is 54.0. The van der Waals surface area contributed by atoms with Crippen molar-refractivity contribution in [2.75, 3.05) is 25.0 Å². The van der Waals surface area contributed by atoms with Crippen molar-refractivity contribution in [3.05, 3.63) is 100 Å². The van der Waals surface area contributed by atoms with Gasteiger partial charge in [-0.1, -0.05) is 24.3 Å². The molecule has 2 aromatic heterocycles. The SMILES string of the molecule is Cc1ncsc1-c1ccc([C@@H](N)CC(=O)NCCNC(=O)c2ccc(C(=O)Nc3ccc4nc(CN5CCC[C@@H]5C)[nH]c4c3)cc2)cc1. The normalized spacial score (nSPS) is 15.4. The summed E-state index contributed by atoms with van der Waals surface area (Å²) < 4.78 is 0. The molecule has 3 aromatic carbocycles. The van der Waals surface area contributed by atoms with Crippen molar-refractivity contribution in [2.24, 2.45) is 5.73 Å². The molecule has 6 rings (SSSR count). The third kappa shape index (κ3) is 7.96. The topological polar surface area (TPSA) is 158 Å². The van der Waals surface area contributed by atoms with E-state index in [1.165, 1.54) is 12.8 Å². The van der Waals surface area contributed by atoms with E-state index >= 15 is 0 Å². The van der Waals surface area contributed by atoms with E-state index in [4.69, 9.17) is 10.7 Å². The Morgan fingerprint density at radius 1 is 1.00 bits per heavy atom. The van der Waals surface area contributed by atoms with E-state index < -0.39 is 6.04 Å². The van der Waals surface area contributed by atoms with Gasteiger partial charge in [-0.25, -0.2) is 9.97 Å². The number of hydrogen-bond acceptors (Lipinski definition) is 8. The lowest BCUT2D eigenvalue weighted by Gasteiger charge is -2.19. The second-order valence-electron chi connectivity index (χ2n) is 12.2. The van der Waals surface area contributed by atoms with Gasteiger partial charge in [-0.15, -0.1) is 11.3 Å². The number of carbonyl (C=O) groups is 3. The zero-order valence-corrected chi connectivity index (χ0v) is 27.9. The van der Waals surface area contributed by atoms with Crippen LogP contribution >= 0.6 is 11.3 Å². The van der Waals surface area contributed by atoms with Crippen LogP contribution in [0.25, 0.3) is 21.5 Å². The number of amides is 3. The number of rotatable bonds is 12. The summed E-state index contributed by atoms with van der Waals surface area (Å²) in [5.74, 6) is 0.146. The molecule has 1 saturated heterocycles. The molecular weight excluding hydrogens is 625 g/mol. The number of nitrogens with two attached hydrogens (primary N) is 1. The van der Waals surface area contributed by atoms with Crippen LogP contribution in [0.5, 0.6) is 0 Å². The minimum absolute atomic E-state index is 0.130. The number of hydrogen-bond donors (Lipinski definition) is 5. The van der Waals surface area contributed by atoms with Crippen LogP contribution in [-0.2, 0) is 11.3 Å². The van der Waals surface area contributed by atoms with Crippen LogP contribution < -0.4 is 21.7 Å². The summed E-state index contributed by atoms with van der Waals surface area (Å²) in [6.45, 7) is 6.60. The molecule has 0 spiro atoms. The highest BCUT2D eigenvalue weighted by atomic mass is 32.1. The molecule has 12 heteroatoms. The summed E-state index contributed by atoms with van der Waals surface area (Å²) in [6, 6.07) is 20.0. The number of anilines is 1. The molecule has 1 aliphatic rings. The van der Waals surface area contributed by atoms with E-state index in [9.17, 15) is 14.4 Å². The summed E-state index contributed by atoms with van der Waals surface area (Å²) in [6.07, 6.45) is 2.56. The summed E-state index contributed by atoms with van der Waals surface area (Å²) in [5.41, 5.74) is 14.3. The predicted octanol–water partition coefficient (Wildman–Crippen LogP) is 5.17. The molecule has 248 valence electrons. The average molecular weight is 665 g/mol. The van der Waals surface area contributed by atoms with Crippen molar-refractivity contribution in [1.29, 1.82) is 0 Å². The number of imidazole rings is 1. The Kier molecular flexibility index (Phi) is 10.2. The molecule has 3 heterocycles. The first-order valence-corrected chi connectivity index (χ1v) is 17.1. The highest BCUT2D eigenvalue weighted by Gasteiger charge is 2.21. The van der Waals surface area contributed by atoms with Gasteiger partial charge >= 0.3 is 0 Å². The molecule has 5 aromatic rings. The van der Waals surface area contributed by atoms with Crippen LogP contribution in [0.3, 0.4) is 0 Å². The fraction of sp³-hybridized carbons (Fsp3) is 0.306. The van der Waals surface area contributed by atoms with Gasteiger partial charge in [-0.2, -0.15) is 0 Å². The molecule has 11 nitrogen and oxygen atoms in total. The number of fused-ring (bicyclic) bond motifs is 1. The fourth-order valence-corrected chi connectivity index (χ4v) is 6.75. The molecule has 1 aliphatic heterocycles. The van der Waals surface area contributed by atoms with Crippen molar-refractivity contribution >= 4 is 45.8 Å². The average Bonchev–Trinajstić information content (AvgIpc) is 3.82. The minimum Gasteiger partial charge on any atom is -0.354 e. The molecule has 1 fully saturated rings. The number of carbonyl (C=O) groups excluding carboxylic acids is 3. The van der Waals surface area contributed by atoms with Crippen molar-refractivity contribution in [3.63, 3.8) is 0 Å². The van der Waals surface area contributed by atoms with Crippen LogP contribution in [0.15, 0.2) is 72.2 Å². The van der Waals surface area contributed by atoms with Gasteiger partial charge in [0.05, 0.1) is 33.7 Å². The van der Waals surface area contributed by atoms with Gasteiger partial charge in [0.2, 0.25) is 5.91 Å². The maximum absolute atomic E-state index is 12.9. The highest BCUT2D eigenvalue weighted by molar-refractivity contribution is 7.13. The maximum Gasteiger partial charge on any atom is 0.255 e. The Hall–Kier alpha value is -4.91. The number of aromatic nitrogens is 3. The van der Waals surface area contributed by atoms with Gasteiger partial charge in [0.15, 0.2) is 0 Å². The molecule has 0 aliphatic carbocycles. The number of aryl methyl sites for hydroxylation is 1. The van der Waals surface area contributed by atoms with E-state index in [2.05, 4.69) is 37.7 Å². The molecule has 2 atom stereocenters. The van der Waals surface area contributed by atoms with Crippen LogP contribution in [0.1, 0.15) is 70.0 Å². The summed E-state index contributed by atoms with van der Waals surface area (Å²) in [7, 11) is 0. The minimum atomic E-state index is -0.443. The lowest BCUT2D eigenvalue weighted by molar-refractivity contribution is -0.121. The lowest BCUT2D eigenvalue weighted by atomic mass is 10.0. The number of benzene rings is 3. The Morgan fingerprint density at radius 3 is 2.42 bits per heavy atom. The first kappa shape index (κ1) is 33.0. The zero-order chi connectivity index (χ0) is 33.6. The van der Waals surface area contributed by atoms with Crippen molar-refractivity contribution in [2.45, 2.75) is 51.7 Å². The molecular formula is C36H40N8O3S. The quantitative estimate of drug-likeness (QED) is 0.115. The van der Waals surface area contributed by atoms with E-state index in [1.807, 2.05) is 54.9 Å². The van der Waals surface area contributed by atoms with Gasteiger partial charge in [0.25, 0.3) is 11.8 Å². The standard InChI is InChI=1S/C36H40N8O3S/c1-22-4-3-17-44(22)20-32-42-30-14-13-28(18-31(30)43-32)41-36(47)27-11-9-26(10-12-27)35(46)39-16-15-38-33(45)19-29(37)24-5-7-25(8-6-24)34-23(2)40-21-48-34/h5-14,18,21-22,29H,3-4,15-17,19-20,37H2,1-2H3,(H,38,45)(H,39,46)(H,41,47)(H,42,43)/t22-,29-/m0/s1. The van der Waals surface area contributed by atoms with Gasteiger partial charge in [-0.3, -0.25) is 19.3 Å². The molecule has 0 radical (unpaired) electrons. The smallest absolute Gasteiger partial charge is 0.255 e. The van der Waals surface area contributed by atoms with Crippen molar-refractivity contribution in [1.82, 2.24) is 30.5 Å². The lowest BCUT2D eigenvalue weighted by Crippen LogP contribution is -2.35. The summed E-state index contributed by atoms with van der Waals surface area (Å²) in [5, 5.41) is 8.53. The van der Waals surface area contributed by atoms with Crippen LogP contribution in [0.2, 0.25) is 0 Å². The molecule has 0 bridgehead atoms. The number of aromatic amines is 1. The molecule has 6 N–H and O–H groups in total. The molecule has 0 saturated carbocycles. The number of likely N-dealkylation sites (tertiary alicyclic amines) is 1. The molecule has 48 heavy (non-hydrogen) atoms. The van der Waals surface area contributed by atoms with Gasteiger partial charge in [-0.05, 0) is 86.8 Å². The molecule has 0 unspecified atom stereocenters. The number of H-pyrrole nitrogens is 1. The van der Waals surface area contributed by atoms with E-state index in [-0.39, 0.29) is 37.2 Å². The zero-order valence-electron chi connectivity index (χ0n) is 27.1. The van der Waals surface area contributed by atoms with Crippen LogP contribution in [0.4, 0.5) is 5.69 Å². The Bertz CT molecular complexity index is 1900. The third-order valence-electron chi connectivity index (χ3n) is 8.73. The number of nitrogens with one attached hydrogen (secondary N) is 4.